The fourth-order valence-corrected chi connectivity index (χ4v) is 4.85. The van der Waals surface area contributed by atoms with Gasteiger partial charge in [0, 0.05) is 17.1 Å². The van der Waals surface area contributed by atoms with Crippen molar-refractivity contribution in [3.05, 3.63) is 59.1 Å². The van der Waals surface area contributed by atoms with E-state index in [0.717, 1.165) is 5.56 Å². The van der Waals surface area contributed by atoms with Crippen LogP contribution in [-0.2, 0) is 26.2 Å². The number of carbonyl (C=O) groups is 1. The SMILES string of the molecule is COc1ccccc1COC(=O)[C@@H]1CCCN1S(=O)(=O)c1ccc(Cl)cc1. The third-order valence-corrected chi connectivity index (χ3v) is 6.63. The van der Waals surface area contributed by atoms with E-state index in [0.29, 0.717) is 23.6 Å². The summed E-state index contributed by atoms with van der Waals surface area (Å²) in [4.78, 5) is 12.7. The van der Waals surface area contributed by atoms with Crippen LogP contribution in [0.15, 0.2) is 53.4 Å². The summed E-state index contributed by atoms with van der Waals surface area (Å²) in [7, 11) is -2.26. The van der Waals surface area contributed by atoms with Crippen molar-refractivity contribution in [2.24, 2.45) is 0 Å². The van der Waals surface area contributed by atoms with E-state index in [2.05, 4.69) is 0 Å². The van der Waals surface area contributed by atoms with E-state index >= 15 is 0 Å². The predicted octanol–water partition coefficient (Wildman–Crippen LogP) is 3.25. The molecule has 0 bridgehead atoms. The summed E-state index contributed by atoms with van der Waals surface area (Å²) in [5.74, 6) is 0.0540. The molecule has 0 aromatic heterocycles. The number of ether oxygens (including phenoxy) is 2. The molecule has 0 amide bonds. The van der Waals surface area contributed by atoms with Crippen LogP contribution >= 0.6 is 11.6 Å². The van der Waals surface area contributed by atoms with Crippen molar-refractivity contribution in [1.29, 1.82) is 0 Å². The Kier molecular flexibility index (Phi) is 6.04. The molecule has 2 aromatic rings. The Morgan fingerprint density at radius 1 is 1.19 bits per heavy atom. The van der Waals surface area contributed by atoms with Crippen LogP contribution in [0.4, 0.5) is 0 Å². The Balaban J connectivity index is 1.73. The average molecular weight is 410 g/mol. The molecule has 2 aromatic carbocycles. The molecule has 0 N–H and O–H groups in total. The molecule has 1 heterocycles. The van der Waals surface area contributed by atoms with E-state index in [1.807, 2.05) is 12.1 Å². The number of carbonyl (C=O) groups excluding carboxylic acids is 1. The zero-order chi connectivity index (χ0) is 19.4. The first kappa shape index (κ1) is 19.7. The van der Waals surface area contributed by atoms with Gasteiger partial charge >= 0.3 is 5.97 Å². The van der Waals surface area contributed by atoms with E-state index in [4.69, 9.17) is 21.1 Å². The molecule has 27 heavy (non-hydrogen) atoms. The fourth-order valence-electron chi connectivity index (χ4n) is 3.07. The molecule has 0 aliphatic carbocycles. The first-order chi connectivity index (χ1) is 12.9. The summed E-state index contributed by atoms with van der Waals surface area (Å²) < 4.78 is 37.6. The van der Waals surface area contributed by atoms with E-state index in [9.17, 15) is 13.2 Å². The number of nitrogens with zero attached hydrogens (tertiary/aromatic N) is 1. The number of rotatable bonds is 6. The van der Waals surface area contributed by atoms with Gasteiger partial charge in [0.1, 0.15) is 18.4 Å². The Labute approximate surface area is 163 Å². The maximum absolute atomic E-state index is 12.9. The standard InChI is InChI=1S/C19H20ClNO5S/c1-25-18-7-3-2-5-14(18)13-26-19(22)17-6-4-12-21(17)27(23,24)16-10-8-15(20)9-11-16/h2-3,5,7-11,17H,4,6,12-13H2,1H3/t17-/m0/s1. The summed E-state index contributed by atoms with van der Waals surface area (Å²) in [6, 6.07) is 12.3. The van der Waals surface area contributed by atoms with E-state index in [1.54, 1.807) is 12.1 Å². The van der Waals surface area contributed by atoms with Crippen molar-refractivity contribution in [2.75, 3.05) is 13.7 Å². The van der Waals surface area contributed by atoms with E-state index < -0.39 is 22.0 Å². The van der Waals surface area contributed by atoms with Crippen LogP contribution < -0.4 is 4.74 Å². The highest BCUT2D eigenvalue weighted by Gasteiger charge is 2.40. The summed E-state index contributed by atoms with van der Waals surface area (Å²) in [5, 5.41) is 0.447. The van der Waals surface area contributed by atoms with Gasteiger partial charge in [-0.1, -0.05) is 29.8 Å². The second-order valence-corrected chi connectivity index (χ2v) is 8.47. The number of methoxy groups -OCH3 is 1. The molecule has 0 radical (unpaired) electrons. The Hall–Kier alpha value is -2.09. The first-order valence-corrected chi connectivity index (χ1v) is 10.3. The molecule has 144 valence electrons. The molecule has 1 aliphatic heterocycles. The minimum Gasteiger partial charge on any atom is -0.496 e. The zero-order valence-corrected chi connectivity index (χ0v) is 16.4. The quantitative estimate of drug-likeness (QED) is 0.685. The molecule has 3 rings (SSSR count). The third kappa shape index (κ3) is 4.26. The lowest BCUT2D eigenvalue weighted by Crippen LogP contribution is -2.41. The summed E-state index contributed by atoms with van der Waals surface area (Å²) in [6.45, 7) is 0.299. The second-order valence-electron chi connectivity index (χ2n) is 6.15. The van der Waals surface area contributed by atoms with Crippen LogP contribution in [0.1, 0.15) is 18.4 Å². The third-order valence-electron chi connectivity index (χ3n) is 4.46. The molecule has 1 fully saturated rings. The molecule has 1 aliphatic rings. The number of esters is 1. The summed E-state index contributed by atoms with van der Waals surface area (Å²) in [6.07, 6.45) is 1.03. The Bertz CT molecular complexity index is 914. The van der Waals surface area contributed by atoms with Gasteiger partial charge in [-0.05, 0) is 43.2 Å². The molecule has 6 nitrogen and oxygen atoms in total. The van der Waals surface area contributed by atoms with Gasteiger partial charge in [0.05, 0.1) is 12.0 Å². The number of sulfonamides is 1. The Morgan fingerprint density at radius 2 is 1.89 bits per heavy atom. The summed E-state index contributed by atoms with van der Waals surface area (Å²) >= 11 is 5.83. The van der Waals surface area contributed by atoms with Gasteiger partial charge in [0.25, 0.3) is 0 Å². The maximum atomic E-state index is 12.9. The molecular weight excluding hydrogens is 390 g/mol. The van der Waals surface area contributed by atoms with Crippen LogP contribution in [0.25, 0.3) is 0 Å². The number of halogens is 1. The lowest BCUT2D eigenvalue weighted by molar-refractivity contribution is -0.148. The molecule has 0 spiro atoms. The topological polar surface area (TPSA) is 72.9 Å². The largest absolute Gasteiger partial charge is 0.496 e. The van der Waals surface area contributed by atoms with Gasteiger partial charge in [-0.3, -0.25) is 4.79 Å². The molecule has 0 saturated carbocycles. The van der Waals surface area contributed by atoms with Crippen molar-refractivity contribution in [2.45, 2.75) is 30.4 Å². The number of hydrogen-bond donors (Lipinski definition) is 0. The first-order valence-electron chi connectivity index (χ1n) is 8.49. The van der Waals surface area contributed by atoms with Gasteiger partial charge < -0.3 is 9.47 Å². The minimum atomic E-state index is -3.80. The second kappa shape index (κ2) is 8.29. The van der Waals surface area contributed by atoms with Gasteiger partial charge in [-0.15, -0.1) is 0 Å². The van der Waals surface area contributed by atoms with Crippen LogP contribution in [-0.4, -0.2) is 38.4 Å². The number of hydrogen-bond acceptors (Lipinski definition) is 5. The molecule has 1 atom stereocenters. The monoisotopic (exact) mass is 409 g/mol. The molecule has 8 heteroatoms. The average Bonchev–Trinajstić information content (AvgIpc) is 3.17. The van der Waals surface area contributed by atoms with Gasteiger partial charge in [0.15, 0.2) is 0 Å². The van der Waals surface area contributed by atoms with Crippen molar-refractivity contribution in [3.63, 3.8) is 0 Å². The lowest BCUT2D eigenvalue weighted by atomic mass is 10.2. The highest BCUT2D eigenvalue weighted by Crippen LogP contribution is 2.28. The number of para-hydroxylation sites is 1. The lowest BCUT2D eigenvalue weighted by Gasteiger charge is -2.23. The van der Waals surface area contributed by atoms with E-state index in [1.165, 1.54) is 35.7 Å². The van der Waals surface area contributed by atoms with Crippen LogP contribution in [0.2, 0.25) is 5.02 Å². The van der Waals surface area contributed by atoms with Crippen molar-refractivity contribution < 1.29 is 22.7 Å². The maximum Gasteiger partial charge on any atom is 0.324 e. The predicted molar refractivity (Wildman–Crippen MR) is 101 cm³/mol. The summed E-state index contributed by atoms with van der Waals surface area (Å²) in [5.41, 5.74) is 0.721. The smallest absolute Gasteiger partial charge is 0.324 e. The van der Waals surface area contributed by atoms with Crippen LogP contribution in [0.3, 0.4) is 0 Å². The highest BCUT2D eigenvalue weighted by atomic mass is 35.5. The molecule has 0 unspecified atom stereocenters. The molecular formula is C19H20ClNO5S. The van der Waals surface area contributed by atoms with E-state index in [-0.39, 0.29) is 18.0 Å². The Morgan fingerprint density at radius 3 is 2.59 bits per heavy atom. The number of benzene rings is 2. The zero-order valence-electron chi connectivity index (χ0n) is 14.8. The van der Waals surface area contributed by atoms with Crippen molar-refractivity contribution >= 4 is 27.6 Å². The van der Waals surface area contributed by atoms with Gasteiger partial charge in [-0.2, -0.15) is 4.31 Å². The minimum absolute atomic E-state index is 0.0220. The van der Waals surface area contributed by atoms with Gasteiger partial charge in [0.2, 0.25) is 10.0 Å². The van der Waals surface area contributed by atoms with Crippen LogP contribution in [0.5, 0.6) is 5.75 Å². The van der Waals surface area contributed by atoms with Crippen LogP contribution in [0, 0.1) is 0 Å². The fraction of sp³-hybridized carbons (Fsp3) is 0.316. The highest BCUT2D eigenvalue weighted by molar-refractivity contribution is 7.89. The van der Waals surface area contributed by atoms with Gasteiger partial charge in [-0.25, -0.2) is 8.42 Å². The normalized spacial score (nSPS) is 17.6. The van der Waals surface area contributed by atoms with Crippen molar-refractivity contribution in [3.8, 4) is 5.75 Å². The molecule has 1 saturated heterocycles. The van der Waals surface area contributed by atoms with Crippen molar-refractivity contribution in [1.82, 2.24) is 4.31 Å².